The van der Waals surface area contributed by atoms with Crippen LogP contribution in [0.5, 0.6) is 0 Å². The highest BCUT2D eigenvalue weighted by Crippen LogP contribution is 2.18. The first-order valence-electron chi connectivity index (χ1n) is 6.49. The van der Waals surface area contributed by atoms with Gasteiger partial charge in [0.25, 0.3) is 0 Å². The molecule has 0 unspecified atom stereocenters. The van der Waals surface area contributed by atoms with E-state index in [1.165, 1.54) is 5.56 Å². The number of fused-ring (bicyclic) bond motifs is 1. The number of halogens is 1. The van der Waals surface area contributed by atoms with Gasteiger partial charge in [-0.25, -0.2) is 9.97 Å². The summed E-state index contributed by atoms with van der Waals surface area (Å²) in [6.45, 7) is 2.58. The topological polar surface area (TPSA) is 81.7 Å². The summed E-state index contributed by atoms with van der Waals surface area (Å²) in [5, 5.41) is 3.47. The highest BCUT2D eigenvalue weighted by atomic mass is 35.5. The fourth-order valence-electron chi connectivity index (χ4n) is 2.21. The molecule has 0 atom stereocenters. The second-order valence-electron chi connectivity index (χ2n) is 4.87. The van der Waals surface area contributed by atoms with E-state index < -0.39 is 0 Å². The van der Waals surface area contributed by atoms with E-state index in [4.69, 9.17) is 17.3 Å². The number of imidazole rings is 1. The number of nitrogens with zero attached hydrogens (tertiary/aromatic N) is 4. The SMILES string of the molecule is Cc1ccc2c(c1)nc(CNc1cc(Cl)nc(N)n1)n2C. The third-order valence-corrected chi connectivity index (χ3v) is 3.46. The van der Waals surface area contributed by atoms with Gasteiger partial charge in [-0.05, 0) is 24.6 Å². The molecule has 3 N–H and O–H groups in total. The number of anilines is 2. The number of hydrogen-bond donors (Lipinski definition) is 2. The Morgan fingerprint density at radius 3 is 2.81 bits per heavy atom. The zero-order chi connectivity index (χ0) is 15.0. The first kappa shape index (κ1) is 13.6. The quantitative estimate of drug-likeness (QED) is 0.727. The molecule has 7 heteroatoms. The minimum absolute atomic E-state index is 0.144. The van der Waals surface area contributed by atoms with Gasteiger partial charge >= 0.3 is 0 Å². The van der Waals surface area contributed by atoms with Crippen LogP contribution in [0.4, 0.5) is 11.8 Å². The van der Waals surface area contributed by atoms with Crippen molar-refractivity contribution in [2.24, 2.45) is 7.05 Å². The zero-order valence-corrected chi connectivity index (χ0v) is 12.5. The monoisotopic (exact) mass is 302 g/mol. The molecule has 0 aliphatic carbocycles. The summed E-state index contributed by atoms with van der Waals surface area (Å²) >= 11 is 5.85. The molecule has 3 rings (SSSR count). The summed E-state index contributed by atoms with van der Waals surface area (Å²) in [4.78, 5) is 12.5. The van der Waals surface area contributed by atoms with Crippen LogP contribution in [0.3, 0.4) is 0 Å². The number of aryl methyl sites for hydroxylation is 2. The number of hydrogen-bond acceptors (Lipinski definition) is 5. The smallest absolute Gasteiger partial charge is 0.223 e. The molecular formula is C14H15ClN6. The van der Waals surface area contributed by atoms with Gasteiger partial charge in [0.2, 0.25) is 5.95 Å². The van der Waals surface area contributed by atoms with Crippen LogP contribution in [-0.2, 0) is 13.6 Å². The maximum absolute atomic E-state index is 5.85. The standard InChI is InChI=1S/C14H15ClN6/c1-8-3-4-10-9(5-8)18-13(21(10)2)7-17-12-6-11(15)19-14(16)20-12/h3-6H,7H2,1-2H3,(H3,16,17,19,20). The summed E-state index contributed by atoms with van der Waals surface area (Å²) in [5.41, 5.74) is 8.84. The average Bonchev–Trinajstić information content (AvgIpc) is 2.71. The van der Waals surface area contributed by atoms with Crippen LogP contribution in [0.1, 0.15) is 11.4 Å². The van der Waals surface area contributed by atoms with Crippen molar-refractivity contribution in [1.82, 2.24) is 19.5 Å². The lowest BCUT2D eigenvalue weighted by Crippen LogP contribution is -2.08. The maximum Gasteiger partial charge on any atom is 0.223 e. The molecule has 0 bridgehead atoms. The lowest BCUT2D eigenvalue weighted by molar-refractivity contribution is 0.832. The highest BCUT2D eigenvalue weighted by molar-refractivity contribution is 6.29. The molecule has 0 saturated carbocycles. The predicted molar refractivity (Wildman–Crippen MR) is 84.2 cm³/mol. The van der Waals surface area contributed by atoms with Crippen LogP contribution in [0.2, 0.25) is 5.15 Å². The Bertz CT molecular complexity index is 790. The second-order valence-corrected chi connectivity index (χ2v) is 5.25. The molecule has 108 valence electrons. The normalized spacial score (nSPS) is 11.0. The van der Waals surface area contributed by atoms with Crippen LogP contribution in [0.15, 0.2) is 24.3 Å². The number of nitrogens with two attached hydrogens (primary N) is 1. The summed E-state index contributed by atoms with van der Waals surface area (Å²) in [6, 6.07) is 7.84. The Balaban J connectivity index is 1.86. The van der Waals surface area contributed by atoms with Crippen molar-refractivity contribution in [2.45, 2.75) is 13.5 Å². The number of nitrogen functional groups attached to an aromatic ring is 1. The molecule has 0 amide bonds. The lowest BCUT2D eigenvalue weighted by atomic mass is 10.2. The molecule has 0 aliphatic rings. The molecular weight excluding hydrogens is 288 g/mol. The van der Waals surface area contributed by atoms with Crippen molar-refractivity contribution < 1.29 is 0 Å². The van der Waals surface area contributed by atoms with E-state index in [0.717, 1.165) is 16.9 Å². The second kappa shape index (κ2) is 5.21. The fourth-order valence-corrected chi connectivity index (χ4v) is 2.40. The summed E-state index contributed by atoms with van der Waals surface area (Å²) in [6.07, 6.45) is 0. The number of nitrogens with one attached hydrogen (secondary N) is 1. The van der Waals surface area contributed by atoms with Gasteiger partial charge in [0.05, 0.1) is 17.6 Å². The van der Waals surface area contributed by atoms with E-state index in [9.17, 15) is 0 Å². The first-order chi connectivity index (χ1) is 10.0. The lowest BCUT2D eigenvalue weighted by Gasteiger charge is -2.06. The third kappa shape index (κ3) is 2.75. The number of benzene rings is 1. The molecule has 2 aromatic heterocycles. The van der Waals surface area contributed by atoms with Gasteiger partial charge in [0.15, 0.2) is 0 Å². The van der Waals surface area contributed by atoms with E-state index >= 15 is 0 Å². The molecule has 21 heavy (non-hydrogen) atoms. The van der Waals surface area contributed by atoms with Gasteiger partial charge in [-0.2, -0.15) is 4.98 Å². The van der Waals surface area contributed by atoms with Crippen LogP contribution in [0.25, 0.3) is 11.0 Å². The molecule has 1 aromatic carbocycles. The van der Waals surface area contributed by atoms with Gasteiger partial charge in [-0.3, -0.25) is 0 Å². The van der Waals surface area contributed by atoms with Gasteiger partial charge in [-0.15, -0.1) is 0 Å². The first-order valence-corrected chi connectivity index (χ1v) is 6.86. The van der Waals surface area contributed by atoms with E-state index in [2.05, 4.69) is 45.4 Å². The number of aromatic nitrogens is 4. The predicted octanol–water partition coefficient (Wildman–Crippen LogP) is 2.52. The molecule has 0 fully saturated rings. The Hall–Kier alpha value is -2.34. The average molecular weight is 303 g/mol. The molecule has 6 nitrogen and oxygen atoms in total. The van der Waals surface area contributed by atoms with Gasteiger partial charge < -0.3 is 15.6 Å². The van der Waals surface area contributed by atoms with E-state index in [0.29, 0.717) is 17.5 Å². The number of rotatable bonds is 3. The fraction of sp³-hybridized carbons (Fsp3) is 0.214. The Kier molecular flexibility index (Phi) is 3.39. The summed E-state index contributed by atoms with van der Waals surface area (Å²) in [7, 11) is 1.99. The van der Waals surface area contributed by atoms with Crippen LogP contribution in [-0.4, -0.2) is 19.5 Å². The van der Waals surface area contributed by atoms with Crippen molar-refractivity contribution in [1.29, 1.82) is 0 Å². The van der Waals surface area contributed by atoms with Crippen LogP contribution in [0, 0.1) is 6.92 Å². The van der Waals surface area contributed by atoms with E-state index in [-0.39, 0.29) is 5.95 Å². The van der Waals surface area contributed by atoms with Crippen molar-refractivity contribution in [3.63, 3.8) is 0 Å². The Labute approximate surface area is 127 Å². The molecule has 0 aliphatic heterocycles. The minimum atomic E-state index is 0.144. The van der Waals surface area contributed by atoms with Crippen molar-refractivity contribution in [3.05, 3.63) is 40.8 Å². The van der Waals surface area contributed by atoms with Gasteiger partial charge in [-0.1, -0.05) is 17.7 Å². The van der Waals surface area contributed by atoms with Crippen molar-refractivity contribution >= 4 is 34.4 Å². The Morgan fingerprint density at radius 2 is 2.05 bits per heavy atom. The van der Waals surface area contributed by atoms with Crippen molar-refractivity contribution in [2.75, 3.05) is 11.1 Å². The van der Waals surface area contributed by atoms with Gasteiger partial charge in [0, 0.05) is 13.1 Å². The molecule has 3 aromatic rings. The van der Waals surface area contributed by atoms with Crippen molar-refractivity contribution in [3.8, 4) is 0 Å². The summed E-state index contributed by atoms with van der Waals surface area (Å²) in [5.74, 6) is 1.63. The molecule has 0 radical (unpaired) electrons. The molecule has 0 saturated heterocycles. The largest absolute Gasteiger partial charge is 0.368 e. The Morgan fingerprint density at radius 1 is 1.24 bits per heavy atom. The zero-order valence-electron chi connectivity index (χ0n) is 11.8. The highest BCUT2D eigenvalue weighted by Gasteiger charge is 2.08. The van der Waals surface area contributed by atoms with Gasteiger partial charge in [0.1, 0.15) is 16.8 Å². The molecule has 2 heterocycles. The van der Waals surface area contributed by atoms with Crippen LogP contribution < -0.4 is 11.1 Å². The van der Waals surface area contributed by atoms with Crippen LogP contribution >= 0.6 is 11.6 Å². The maximum atomic E-state index is 5.85. The van der Waals surface area contributed by atoms with E-state index in [1.54, 1.807) is 6.07 Å². The van der Waals surface area contributed by atoms with E-state index in [1.807, 2.05) is 11.6 Å². The minimum Gasteiger partial charge on any atom is -0.368 e. The summed E-state index contributed by atoms with van der Waals surface area (Å²) < 4.78 is 2.05. The molecule has 0 spiro atoms. The third-order valence-electron chi connectivity index (χ3n) is 3.27.